The topological polar surface area (TPSA) is 35.5 Å². The van der Waals surface area contributed by atoms with Crippen LogP contribution in [0, 0.1) is 13.8 Å². The third-order valence-corrected chi connectivity index (χ3v) is 3.99. The summed E-state index contributed by atoms with van der Waals surface area (Å²) < 4.78 is 11.6. The van der Waals surface area contributed by atoms with Crippen LogP contribution in [0.5, 0.6) is 11.5 Å². The highest BCUT2D eigenvalue weighted by Gasteiger charge is 2.08. The van der Waals surface area contributed by atoms with Crippen molar-refractivity contribution in [2.24, 2.45) is 0 Å². The normalized spacial score (nSPS) is 10.6. The molecule has 122 valence electrons. The number of aldehydes is 1. The van der Waals surface area contributed by atoms with E-state index in [9.17, 15) is 4.79 Å². The van der Waals surface area contributed by atoms with E-state index in [2.05, 4.69) is 6.07 Å². The van der Waals surface area contributed by atoms with E-state index in [0.29, 0.717) is 24.5 Å². The van der Waals surface area contributed by atoms with Crippen molar-refractivity contribution in [2.45, 2.75) is 13.8 Å². The summed E-state index contributed by atoms with van der Waals surface area (Å²) in [6, 6.07) is 17.7. The van der Waals surface area contributed by atoms with Gasteiger partial charge in [0.1, 0.15) is 24.7 Å². The number of hydrogen-bond donors (Lipinski definition) is 0. The largest absolute Gasteiger partial charge is 0.490 e. The number of carbonyl (C=O) groups is 1. The minimum Gasteiger partial charge on any atom is -0.490 e. The van der Waals surface area contributed by atoms with E-state index in [4.69, 9.17) is 9.47 Å². The molecular weight excluding hydrogens is 300 g/mol. The third kappa shape index (κ3) is 3.40. The Kier molecular flexibility index (Phi) is 4.80. The average molecular weight is 320 g/mol. The number of aryl methyl sites for hydroxylation is 2. The molecule has 3 aromatic carbocycles. The summed E-state index contributed by atoms with van der Waals surface area (Å²) in [5, 5.41) is 1.93. The van der Waals surface area contributed by atoms with Crippen LogP contribution in [0.15, 0.2) is 54.6 Å². The van der Waals surface area contributed by atoms with Crippen LogP contribution >= 0.6 is 0 Å². The Bertz CT molecular complexity index is 868. The molecule has 0 unspecified atom stereocenters. The quantitative estimate of drug-likeness (QED) is 0.487. The van der Waals surface area contributed by atoms with Gasteiger partial charge in [-0.2, -0.15) is 0 Å². The standard InChI is InChI=1S/C21H20O3/c1-15-7-8-16(2)21(13-15)24-12-11-23-20-10-9-17-5-3-4-6-18(17)19(20)14-22/h3-10,13-14H,11-12H2,1-2H3. The number of benzene rings is 3. The van der Waals surface area contributed by atoms with E-state index in [1.807, 2.05) is 62.4 Å². The molecule has 0 aliphatic heterocycles. The minimum absolute atomic E-state index is 0.382. The van der Waals surface area contributed by atoms with Gasteiger partial charge in [0.25, 0.3) is 0 Å². The van der Waals surface area contributed by atoms with Crippen molar-refractivity contribution in [3.63, 3.8) is 0 Å². The average Bonchev–Trinajstić information content (AvgIpc) is 2.61. The molecule has 0 bridgehead atoms. The van der Waals surface area contributed by atoms with Crippen LogP contribution in [0.3, 0.4) is 0 Å². The molecule has 0 saturated carbocycles. The second-order valence-corrected chi connectivity index (χ2v) is 5.78. The van der Waals surface area contributed by atoms with Crippen LogP contribution < -0.4 is 9.47 Å². The number of ether oxygens (including phenoxy) is 2. The molecule has 3 heteroatoms. The molecule has 0 saturated heterocycles. The van der Waals surface area contributed by atoms with Gasteiger partial charge in [0.05, 0.1) is 5.56 Å². The summed E-state index contributed by atoms with van der Waals surface area (Å²) in [4.78, 5) is 11.5. The van der Waals surface area contributed by atoms with Gasteiger partial charge in [-0.25, -0.2) is 0 Å². The molecule has 0 N–H and O–H groups in total. The maximum Gasteiger partial charge on any atom is 0.154 e. The molecule has 3 rings (SSSR count). The van der Waals surface area contributed by atoms with E-state index < -0.39 is 0 Å². The summed E-state index contributed by atoms with van der Waals surface area (Å²) in [6.07, 6.45) is 0.850. The van der Waals surface area contributed by atoms with Gasteiger partial charge in [-0.15, -0.1) is 0 Å². The smallest absolute Gasteiger partial charge is 0.154 e. The van der Waals surface area contributed by atoms with Gasteiger partial charge < -0.3 is 9.47 Å². The number of rotatable bonds is 6. The van der Waals surface area contributed by atoms with E-state index >= 15 is 0 Å². The lowest BCUT2D eigenvalue weighted by atomic mass is 10.0. The second-order valence-electron chi connectivity index (χ2n) is 5.78. The maximum absolute atomic E-state index is 11.5. The third-order valence-electron chi connectivity index (χ3n) is 3.99. The second kappa shape index (κ2) is 7.18. The number of fused-ring (bicyclic) bond motifs is 1. The SMILES string of the molecule is Cc1ccc(C)c(OCCOc2ccc3ccccc3c2C=O)c1. The molecular formula is C21H20O3. The van der Waals surface area contributed by atoms with Crippen LogP contribution in [0.1, 0.15) is 21.5 Å². The predicted octanol–water partition coefficient (Wildman–Crippen LogP) is 4.73. The fourth-order valence-electron chi connectivity index (χ4n) is 2.69. The Morgan fingerprint density at radius 3 is 2.42 bits per heavy atom. The van der Waals surface area contributed by atoms with Gasteiger partial charge in [-0.1, -0.05) is 42.5 Å². The summed E-state index contributed by atoms with van der Waals surface area (Å²) in [7, 11) is 0. The van der Waals surface area contributed by atoms with Crippen LogP contribution in [-0.2, 0) is 0 Å². The first kappa shape index (κ1) is 16.1. The lowest BCUT2D eigenvalue weighted by Crippen LogP contribution is -2.10. The summed E-state index contributed by atoms with van der Waals surface area (Å²) in [5.74, 6) is 1.46. The Labute approximate surface area is 141 Å². The zero-order valence-corrected chi connectivity index (χ0v) is 13.9. The molecule has 3 aromatic rings. The van der Waals surface area contributed by atoms with E-state index in [1.54, 1.807) is 0 Å². The van der Waals surface area contributed by atoms with E-state index in [-0.39, 0.29) is 0 Å². The minimum atomic E-state index is 0.382. The van der Waals surface area contributed by atoms with Gasteiger partial charge in [-0.3, -0.25) is 4.79 Å². The van der Waals surface area contributed by atoms with Crippen molar-refractivity contribution in [1.29, 1.82) is 0 Å². The van der Waals surface area contributed by atoms with Crippen molar-refractivity contribution in [1.82, 2.24) is 0 Å². The molecule has 0 aliphatic carbocycles. The molecule has 0 radical (unpaired) electrons. The van der Waals surface area contributed by atoms with Crippen molar-refractivity contribution in [2.75, 3.05) is 13.2 Å². The first-order chi connectivity index (χ1) is 11.7. The first-order valence-electron chi connectivity index (χ1n) is 7.99. The summed E-state index contributed by atoms with van der Waals surface area (Å²) in [5.41, 5.74) is 2.84. The van der Waals surface area contributed by atoms with Gasteiger partial charge in [0.2, 0.25) is 0 Å². The first-order valence-corrected chi connectivity index (χ1v) is 7.99. The Morgan fingerprint density at radius 2 is 1.62 bits per heavy atom. The number of hydrogen-bond acceptors (Lipinski definition) is 3. The van der Waals surface area contributed by atoms with Crippen LogP contribution in [0.4, 0.5) is 0 Å². The molecule has 0 amide bonds. The highest BCUT2D eigenvalue weighted by molar-refractivity contribution is 6.00. The van der Waals surface area contributed by atoms with Crippen LogP contribution in [0.2, 0.25) is 0 Å². The highest BCUT2D eigenvalue weighted by Crippen LogP contribution is 2.26. The summed E-state index contributed by atoms with van der Waals surface area (Å²) in [6.45, 7) is 4.86. The summed E-state index contributed by atoms with van der Waals surface area (Å²) >= 11 is 0. The molecule has 0 atom stereocenters. The van der Waals surface area contributed by atoms with Gasteiger partial charge >= 0.3 is 0 Å². The fourth-order valence-corrected chi connectivity index (χ4v) is 2.69. The monoisotopic (exact) mass is 320 g/mol. The Morgan fingerprint density at radius 1 is 0.875 bits per heavy atom. The van der Waals surface area contributed by atoms with E-state index in [0.717, 1.165) is 33.9 Å². The maximum atomic E-state index is 11.5. The highest BCUT2D eigenvalue weighted by atomic mass is 16.5. The van der Waals surface area contributed by atoms with Crippen LogP contribution in [0.25, 0.3) is 10.8 Å². The Balaban J connectivity index is 1.68. The molecule has 3 nitrogen and oxygen atoms in total. The van der Waals surface area contributed by atoms with Crippen LogP contribution in [-0.4, -0.2) is 19.5 Å². The zero-order valence-electron chi connectivity index (χ0n) is 13.9. The molecule has 0 aromatic heterocycles. The molecule has 0 spiro atoms. The van der Waals surface area contributed by atoms with Gasteiger partial charge in [0, 0.05) is 0 Å². The van der Waals surface area contributed by atoms with Gasteiger partial charge in [-0.05, 0) is 47.9 Å². The molecule has 24 heavy (non-hydrogen) atoms. The lowest BCUT2D eigenvalue weighted by molar-refractivity contribution is 0.112. The molecule has 0 heterocycles. The van der Waals surface area contributed by atoms with Crippen molar-refractivity contribution in [3.05, 3.63) is 71.3 Å². The molecule has 0 fully saturated rings. The fraction of sp³-hybridized carbons (Fsp3) is 0.190. The Hall–Kier alpha value is -2.81. The number of carbonyl (C=O) groups excluding carboxylic acids is 1. The van der Waals surface area contributed by atoms with Crippen molar-refractivity contribution >= 4 is 17.1 Å². The van der Waals surface area contributed by atoms with Crippen molar-refractivity contribution < 1.29 is 14.3 Å². The molecule has 0 aliphatic rings. The zero-order chi connectivity index (χ0) is 16.9. The van der Waals surface area contributed by atoms with E-state index in [1.165, 1.54) is 0 Å². The lowest BCUT2D eigenvalue weighted by Gasteiger charge is -2.13. The van der Waals surface area contributed by atoms with Gasteiger partial charge in [0.15, 0.2) is 6.29 Å². The predicted molar refractivity (Wildman–Crippen MR) is 96.2 cm³/mol. The van der Waals surface area contributed by atoms with Crippen molar-refractivity contribution in [3.8, 4) is 11.5 Å².